The second-order valence-corrected chi connectivity index (χ2v) is 4.36. The Bertz CT molecular complexity index is 339. The maximum absolute atomic E-state index is 11.6. The number of hydrogen-bond donors (Lipinski definition) is 2. The smallest absolute Gasteiger partial charge is 0.289 e. The molecule has 0 spiro atoms. The average Bonchev–Trinajstić information content (AvgIpc) is 2.50. The van der Waals surface area contributed by atoms with Crippen LogP contribution >= 0.6 is 0 Å². The highest BCUT2D eigenvalue weighted by molar-refractivity contribution is 5.91. The lowest BCUT2D eigenvalue weighted by molar-refractivity contribution is 0.0889. The first-order chi connectivity index (χ1) is 6.92. The first-order valence-electron chi connectivity index (χ1n) is 4.89. The molecular weight excluding hydrogens is 194 g/mol. The molecule has 0 radical (unpaired) electrons. The van der Waals surface area contributed by atoms with Gasteiger partial charge in [-0.2, -0.15) is 0 Å². The Kier molecular flexibility index (Phi) is 3.47. The van der Waals surface area contributed by atoms with Gasteiger partial charge in [-0.1, -0.05) is 0 Å². The topological polar surface area (TPSA) is 81.2 Å². The molecule has 1 amide bonds. The van der Waals surface area contributed by atoms with Crippen molar-refractivity contribution in [2.75, 3.05) is 6.54 Å². The van der Waals surface area contributed by atoms with Crippen LogP contribution in [0.15, 0.2) is 10.6 Å². The first kappa shape index (κ1) is 11.7. The molecule has 5 heteroatoms. The van der Waals surface area contributed by atoms with Crippen LogP contribution in [-0.2, 0) is 6.42 Å². The molecule has 0 saturated heterocycles. The van der Waals surface area contributed by atoms with E-state index in [0.29, 0.717) is 18.9 Å². The third kappa shape index (κ3) is 3.71. The van der Waals surface area contributed by atoms with E-state index in [1.54, 1.807) is 0 Å². The van der Waals surface area contributed by atoms with Crippen molar-refractivity contribution in [2.24, 2.45) is 5.73 Å². The molecule has 1 heterocycles. The molecule has 5 nitrogen and oxygen atoms in total. The average molecular weight is 211 g/mol. The number of carbonyl (C=O) groups excluding carboxylic acids is 1. The molecular formula is C10H17N3O2. The summed E-state index contributed by atoms with van der Waals surface area (Å²) in [5.41, 5.74) is 5.07. The minimum absolute atomic E-state index is 0.230. The van der Waals surface area contributed by atoms with Gasteiger partial charge in [0.05, 0.1) is 6.20 Å². The van der Waals surface area contributed by atoms with E-state index in [1.807, 2.05) is 20.8 Å². The van der Waals surface area contributed by atoms with Gasteiger partial charge in [-0.3, -0.25) is 4.79 Å². The molecule has 0 aliphatic heterocycles. The molecule has 15 heavy (non-hydrogen) atoms. The lowest BCUT2D eigenvalue weighted by atomic mass is 10.1. The van der Waals surface area contributed by atoms with E-state index >= 15 is 0 Å². The quantitative estimate of drug-likeness (QED) is 0.771. The van der Waals surface area contributed by atoms with Gasteiger partial charge >= 0.3 is 0 Å². The molecule has 1 aromatic heterocycles. The van der Waals surface area contributed by atoms with Gasteiger partial charge in [0.15, 0.2) is 5.89 Å². The zero-order valence-corrected chi connectivity index (χ0v) is 9.33. The fourth-order valence-corrected chi connectivity index (χ4v) is 1.06. The summed E-state index contributed by atoms with van der Waals surface area (Å²) in [6.45, 7) is 6.17. The van der Waals surface area contributed by atoms with Crippen LogP contribution < -0.4 is 11.1 Å². The number of carbonyl (C=O) groups is 1. The number of hydrogen-bond acceptors (Lipinski definition) is 4. The van der Waals surface area contributed by atoms with Crippen molar-refractivity contribution >= 4 is 5.91 Å². The normalized spacial score (nSPS) is 11.5. The largest absolute Gasteiger partial charge is 0.436 e. The van der Waals surface area contributed by atoms with E-state index in [2.05, 4.69) is 10.3 Å². The molecule has 1 aromatic rings. The second-order valence-electron chi connectivity index (χ2n) is 4.36. The monoisotopic (exact) mass is 211 g/mol. The van der Waals surface area contributed by atoms with Gasteiger partial charge in [0.1, 0.15) is 0 Å². The summed E-state index contributed by atoms with van der Waals surface area (Å²) in [6.07, 6.45) is 1.97. The number of nitrogens with two attached hydrogens (primary N) is 1. The van der Waals surface area contributed by atoms with Crippen molar-refractivity contribution in [2.45, 2.75) is 32.7 Å². The van der Waals surface area contributed by atoms with Crippen molar-refractivity contribution in [3.8, 4) is 0 Å². The Morgan fingerprint density at radius 1 is 1.60 bits per heavy atom. The van der Waals surface area contributed by atoms with Crippen molar-refractivity contribution in [1.29, 1.82) is 0 Å². The summed E-state index contributed by atoms with van der Waals surface area (Å²) in [7, 11) is 0. The number of amides is 1. The summed E-state index contributed by atoms with van der Waals surface area (Å²) in [4.78, 5) is 15.6. The van der Waals surface area contributed by atoms with E-state index in [1.165, 1.54) is 6.20 Å². The lowest BCUT2D eigenvalue weighted by Gasteiger charge is -2.19. The molecule has 0 fully saturated rings. The summed E-state index contributed by atoms with van der Waals surface area (Å²) in [5.74, 6) is 0.475. The molecule has 0 atom stereocenters. The lowest BCUT2D eigenvalue weighted by Crippen LogP contribution is -2.40. The third-order valence-electron chi connectivity index (χ3n) is 1.62. The van der Waals surface area contributed by atoms with Gasteiger partial charge in [0.2, 0.25) is 5.76 Å². The van der Waals surface area contributed by atoms with Crippen molar-refractivity contribution < 1.29 is 9.21 Å². The number of oxazole rings is 1. The number of aromatic nitrogens is 1. The standard InChI is InChI=1S/C10H17N3O2/c1-10(2,3)13-9(14)7-6-12-8(15-7)4-5-11/h6H,4-5,11H2,1-3H3,(H,13,14). The second kappa shape index (κ2) is 4.44. The number of rotatable bonds is 3. The Hall–Kier alpha value is -1.36. The zero-order chi connectivity index (χ0) is 11.5. The number of nitrogens with zero attached hydrogens (tertiary/aromatic N) is 1. The molecule has 0 bridgehead atoms. The van der Waals surface area contributed by atoms with E-state index in [-0.39, 0.29) is 17.2 Å². The van der Waals surface area contributed by atoms with Crippen LogP contribution in [0.1, 0.15) is 37.2 Å². The van der Waals surface area contributed by atoms with Crippen molar-refractivity contribution in [3.63, 3.8) is 0 Å². The van der Waals surface area contributed by atoms with Crippen LogP contribution in [-0.4, -0.2) is 23.0 Å². The Morgan fingerprint density at radius 2 is 2.27 bits per heavy atom. The molecule has 0 aliphatic carbocycles. The van der Waals surface area contributed by atoms with E-state index in [4.69, 9.17) is 10.2 Å². The summed E-state index contributed by atoms with van der Waals surface area (Å²) in [6, 6.07) is 0. The molecule has 0 unspecified atom stereocenters. The van der Waals surface area contributed by atoms with Crippen LogP contribution in [0.4, 0.5) is 0 Å². The predicted octanol–water partition coefficient (Wildman–Crippen LogP) is 0.704. The van der Waals surface area contributed by atoms with Gasteiger partial charge in [0.25, 0.3) is 5.91 Å². The molecule has 84 valence electrons. The predicted molar refractivity (Wildman–Crippen MR) is 56.5 cm³/mol. The maximum atomic E-state index is 11.6. The van der Waals surface area contributed by atoms with Crippen LogP contribution in [0, 0.1) is 0 Å². The van der Waals surface area contributed by atoms with Gasteiger partial charge in [-0.25, -0.2) is 4.98 Å². The van der Waals surface area contributed by atoms with Crippen molar-refractivity contribution in [1.82, 2.24) is 10.3 Å². The van der Waals surface area contributed by atoms with Gasteiger partial charge < -0.3 is 15.5 Å². The number of nitrogens with one attached hydrogen (secondary N) is 1. The zero-order valence-electron chi connectivity index (χ0n) is 9.33. The molecule has 0 aliphatic rings. The van der Waals surface area contributed by atoms with E-state index < -0.39 is 0 Å². The highest BCUT2D eigenvalue weighted by atomic mass is 16.4. The Labute approximate surface area is 89.1 Å². The SMILES string of the molecule is CC(C)(C)NC(=O)c1cnc(CCN)o1. The van der Waals surface area contributed by atoms with E-state index in [0.717, 1.165) is 0 Å². The molecule has 1 rings (SSSR count). The third-order valence-corrected chi connectivity index (χ3v) is 1.62. The fraction of sp³-hybridized carbons (Fsp3) is 0.600. The van der Waals surface area contributed by atoms with Crippen LogP contribution in [0.25, 0.3) is 0 Å². The van der Waals surface area contributed by atoms with Gasteiger partial charge in [-0.15, -0.1) is 0 Å². The Morgan fingerprint density at radius 3 is 2.80 bits per heavy atom. The minimum Gasteiger partial charge on any atom is -0.436 e. The van der Waals surface area contributed by atoms with Crippen molar-refractivity contribution in [3.05, 3.63) is 17.8 Å². The molecule has 0 aromatic carbocycles. The van der Waals surface area contributed by atoms with Crippen LogP contribution in [0.5, 0.6) is 0 Å². The highest BCUT2D eigenvalue weighted by Crippen LogP contribution is 2.06. The first-order valence-corrected chi connectivity index (χ1v) is 4.89. The summed E-state index contributed by atoms with van der Waals surface area (Å²) in [5, 5.41) is 2.79. The summed E-state index contributed by atoms with van der Waals surface area (Å²) < 4.78 is 5.23. The van der Waals surface area contributed by atoms with E-state index in [9.17, 15) is 4.79 Å². The van der Waals surface area contributed by atoms with Gasteiger partial charge in [-0.05, 0) is 20.8 Å². The fourth-order valence-electron chi connectivity index (χ4n) is 1.06. The van der Waals surface area contributed by atoms with Crippen LogP contribution in [0.3, 0.4) is 0 Å². The summed E-state index contributed by atoms with van der Waals surface area (Å²) >= 11 is 0. The molecule has 3 N–H and O–H groups in total. The minimum atomic E-state index is -0.280. The highest BCUT2D eigenvalue weighted by Gasteiger charge is 2.18. The Balaban J connectivity index is 2.66. The van der Waals surface area contributed by atoms with Crippen LogP contribution in [0.2, 0.25) is 0 Å². The molecule has 0 saturated carbocycles. The maximum Gasteiger partial charge on any atom is 0.289 e. The van der Waals surface area contributed by atoms with Gasteiger partial charge in [0, 0.05) is 18.5 Å².